The van der Waals surface area contributed by atoms with Crippen molar-refractivity contribution in [1.82, 2.24) is 0 Å². The van der Waals surface area contributed by atoms with Gasteiger partial charge in [-0.3, -0.25) is 24.5 Å². The zero-order chi connectivity index (χ0) is 22.5. The number of methoxy groups -OCH3 is 1. The molecule has 1 N–H and O–H groups in total. The van der Waals surface area contributed by atoms with E-state index in [1.807, 2.05) is 0 Å². The summed E-state index contributed by atoms with van der Waals surface area (Å²) in [7, 11) is 1.43. The van der Waals surface area contributed by atoms with Crippen LogP contribution in [0.2, 0.25) is 5.02 Å². The van der Waals surface area contributed by atoms with Gasteiger partial charge < -0.3 is 19.7 Å². The Bertz CT molecular complexity index is 1040. The van der Waals surface area contributed by atoms with E-state index in [9.17, 15) is 24.5 Å². The number of nitro benzene ring substituents is 1. The first kappa shape index (κ1) is 22.0. The number of carbonyl (C=O) groups excluding carboxylic acids is 3. The number of hydrogen-bond donors (Lipinski definition) is 1. The molecule has 10 nitrogen and oxygen atoms in total. The molecule has 11 heteroatoms. The molecule has 162 valence electrons. The topological polar surface area (TPSA) is 128 Å². The lowest BCUT2D eigenvalue weighted by molar-refractivity contribution is -0.384. The van der Waals surface area contributed by atoms with Crippen LogP contribution in [0.5, 0.6) is 5.75 Å². The Morgan fingerprint density at radius 3 is 2.77 bits per heavy atom. The number of non-ortho nitro benzene ring substituents is 1. The molecule has 0 aliphatic carbocycles. The van der Waals surface area contributed by atoms with Crippen molar-refractivity contribution in [2.45, 2.75) is 6.42 Å². The predicted octanol–water partition coefficient (Wildman–Crippen LogP) is 2.79. The summed E-state index contributed by atoms with van der Waals surface area (Å²) in [5.41, 5.74) is 0.480. The predicted molar refractivity (Wildman–Crippen MR) is 111 cm³/mol. The molecule has 0 spiro atoms. The number of nitro groups is 1. The van der Waals surface area contributed by atoms with Crippen LogP contribution in [0.25, 0.3) is 0 Å². The van der Waals surface area contributed by atoms with Crippen molar-refractivity contribution in [3.05, 3.63) is 57.6 Å². The summed E-state index contributed by atoms with van der Waals surface area (Å²) in [6.45, 7) is -0.557. The van der Waals surface area contributed by atoms with Crippen LogP contribution in [0.4, 0.5) is 17.1 Å². The van der Waals surface area contributed by atoms with E-state index in [-0.39, 0.29) is 24.6 Å². The van der Waals surface area contributed by atoms with Gasteiger partial charge in [0.05, 0.1) is 29.3 Å². The summed E-state index contributed by atoms with van der Waals surface area (Å²) >= 11 is 5.91. The second-order valence-corrected chi connectivity index (χ2v) is 7.12. The first-order chi connectivity index (χ1) is 14.8. The summed E-state index contributed by atoms with van der Waals surface area (Å²) in [5, 5.41) is 13.9. The van der Waals surface area contributed by atoms with Gasteiger partial charge in [0.2, 0.25) is 5.91 Å². The Balaban J connectivity index is 1.57. The van der Waals surface area contributed by atoms with E-state index in [4.69, 9.17) is 21.1 Å². The van der Waals surface area contributed by atoms with Gasteiger partial charge in [0.1, 0.15) is 5.75 Å². The summed E-state index contributed by atoms with van der Waals surface area (Å²) in [5.74, 6) is -2.09. The Morgan fingerprint density at radius 2 is 2.06 bits per heavy atom. The second-order valence-electron chi connectivity index (χ2n) is 6.68. The highest BCUT2D eigenvalue weighted by Crippen LogP contribution is 2.29. The zero-order valence-electron chi connectivity index (χ0n) is 16.4. The summed E-state index contributed by atoms with van der Waals surface area (Å²) in [6, 6.07) is 10.2. The van der Waals surface area contributed by atoms with Gasteiger partial charge in [-0.25, -0.2) is 0 Å². The van der Waals surface area contributed by atoms with Crippen molar-refractivity contribution in [2.24, 2.45) is 5.92 Å². The maximum atomic E-state index is 12.3. The van der Waals surface area contributed by atoms with E-state index in [1.54, 1.807) is 18.2 Å². The van der Waals surface area contributed by atoms with Gasteiger partial charge in [0, 0.05) is 30.1 Å². The van der Waals surface area contributed by atoms with Crippen LogP contribution in [0.15, 0.2) is 42.5 Å². The molecule has 1 aliphatic rings. The molecule has 0 radical (unpaired) electrons. The van der Waals surface area contributed by atoms with Crippen LogP contribution >= 0.6 is 11.6 Å². The van der Waals surface area contributed by atoms with Crippen molar-refractivity contribution >= 4 is 46.4 Å². The normalized spacial score (nSPS) is 15.5. The summed E-state index contributed by atoms with van der Waals surface area (Å²) in [6.07, 6.45) is -0.120. The molecular weight excluding hydrogens is 430 g/mol. The summed E-state index contributed by atoms with van der Waals surface area (Å²) < 4.78 is 10.2. The number of carbonyl (C=O) groups is 3. The van der Waals surface area contributed by atoms with Gasteiger partial charge in [-0.1, -0.05) is 17.7 Å². The lowest BCUT2D eigenvalue weighted by Gasteiger charge is -2.16. The van der Waals surface area contributed by atoms with Gasteiger partial charge in [0.25, 0.3) is 11.6 Å². The number of hydrogen-bond acceptors (Lipinski definition) is 7. The molecule has 1 saturated heterocycles. The molecule has 0 bridgehead atoms. The maximum absolute atomic E-state index is 12.3. The van der Waals surface area contributed by atoms with Crippen LogP contribution in [-0.2, 0) is 19.1 Å². The molecule has 0 saturated carbocycles. The van der Waals surface area contributed by atoms with E-state index in [0.717, 1.165) is 0 Å². The lowest BCUT2D eigenvalue weighted by Crippen LogP contribution is -2.28. The van der Waals surface area contributed by atoms with Crippen molar-refractivity contribution in [2.75, 3.05) is 30.5 Å². The first-order valence-electron chi connectivity index (χ1n) is 9.13. The van der Waals surface area contributed by atoms with E-state index < -0.39 is 29.3 Å². The zero-order valence-corrected chi connectivity index (χ0v) is 17.1. The molecule has 2 aromatic rings. The molecule has 0 aromatic heterocycles. The summed E-state index contributed by atoms with van der Waals surface area (Å²) in [4.78, 5) is 48.4. The number of benzene rings is 2. The Kier molecular flexibility index (Phi) is 6.71. The first-order valence-corrected chi connectivity index (χ1v) is 9.51. The molecule has 3 rings (SSSR count). The van der Waals surface area contributed by atoms with Crippen molar-refractivity contribution in [3.63, 3.8) is 0 Å². The number of halogens is 1. The Hall–Kier alpha value is -3.66. The minimum absolute atomic E-state index is 0.00255. The van der Waals surface area contributed by atoms with Gasteiger partial charge >= 0.3 is 5.97 Å². The maximum Gasteiger partial charge on any atom is 0.311 e. The minimum atomic E-state index is -0.791. The van der Waals surface area contributed by atoms with Crippen LogP contribution in [0, 0.1) is 16.0 Å². The van der Waals surface area contributed by atoms with E-state index in [0.29, 0.717) is 22.1 Å². The number of rotatable bonds is 7. The largest absolute Gasteiger partial charge is 0.495 e. The van der Waals surface area contributed by atoms with Gasteiger partial charge in [0.15, 0.2) is 6.61 Å². The highest BCUT2D eigenvalue weighted by Gasteiger charge is 2.36. The van der Waals surface area contributed by atoms with Crippen molar-refractivity contribution in [3.8, 4) is 5.75 Å². The average molecular weight is 448 g/mol. The average Bonchev–Trinajstić information content (AvgIpc) is 3.14. The third-order valence-electron chi connectivity index (χ3n) is 4.59. The van der Waals surface area contributed by atoms with Crippen LogP contribution in [0.3, 0.4) is 0 Å². The lowest BCUT2D eigenvalue weighted by atomic mass is 10.1. The number of ether oxygens (including phenoxy) is 2. The molecule has 2 amide bonds. The number of nitrogens with zero attached hydrogens (tertiary/aromatic N) is 2. The number of esters is 1. The van der Waals surface area contributed by atoms with Crippen LogP contribution < -0.4 is 15.0 Å². The quantitative estimate of drug-likeness (QED) is 0.392. The molecule has 31 heavy (non-hydrogen) atoms. The fourth-order valence-electron chi connectivity index (χ4n) is 3.11. The number of nitrogens with one attached hydrogen (secondary N) is 1. The third-order valence-corrected chi connectivity index (χ3v) is 4.83. The molecular formula is C20H18ClN3O7. The van der Waals surface area contributed by atoms with Gasteiger partial charge in [-0.15, -0.1) is 0 Å². The third kappa shape index (κ3) is 5.28. The molecule has 1 heterocycles. The molecule has 2 aromatic carbocycles. The standard InChI is InChI=1S/C20H18ClN3O7/c1-30-17-6-5-13(21)8-16(17)22-18(25)11-31-20(27)12-7-19(26)23(10-12)14-3-2-4-15(9-14)24(28)29/h2-6,8-9,12H,7,10-11H2,1H3,(H,22,25)/t12-/m1/s1. The highest BCUT2D eigenvalue weighted by molar-refractivity contribution is 6.31. The van der Waals surface area contributed by atoms with Gasteiger partial charge in [-0.05, 0) is 24.3 Å². The fraction of sp³-hybridized carbons (Fsp3) is 0.250. The monoisotopic (exact) mass is 447 g/mol. The smallest absolute Gasteiger partial charge is 0.311 e. The van der Waals surface area contributed by atoms with Crippen LogP contribution in [0.1, 0.15) is 6.42 Å². The van der Waals surface area contributed by atoms with Crippen molar-refractivity contribution in [1.29, 1.82) is 0 Å². The van der Waals surface area contributed by atoms with Crippen molar-refractivity contribution < 1.29 is 28.8 Å². The minimum Gasteiger partial charge on any atom is -0.495 e. The number of anilines is 2. The fourth-order valence-corrected chi connectivity index (χ4v) is 3.28. The van der Waals surface area contributed by atoms with Crippen LogP contribution in [-0.4, -0.2) is 43.0 Å². The Labute approximate surface area is 181 Å². The number of amides is 2. The van der Waals surface area contributed by atoms with E-state index >= 15 is 0 Å². The van der Waals surface area contributed by atoms with E-state index in [2.05, 4.69) is 5.32 Å². The SMILES string of the molecule is COc1ccc(Cl)cc1NC(=O)COC(=O)[C@@H]1CC(=O)N(c2cccc([N+](=O)[O-])c2)C1. The Morgan fingerprint density at radius 1 is 1.29 bits per heavy atom. The molecule has 1 aliphatic heterocycles. The molecule has 0 unspecified atom stereocenters. The molecule has 1 fully saturated rings. The highest BCUT2D eigenvalue weighted by atomic mass is 35.5. The van der Waals surface area contributed by atoms with E-state index in [1.165, 1.54) is 36.3 Å². The second kappa shape index (κ2) is 9.43. The van der Waals surface area contributed by atoms with Gasteiger partial charge in [-0.2, -0.15) is 0 Å². The molecule has 1 atom stereocenters.